The molecule has 4 heteroatoms. The van der Waals surface area contributed by atoms with Gasteiger partial charge in [0.25, 0.3) is 0 Å². The fourth-order valence-electron chi connectivity index (χ4n) is 1.89. The lowest BCUT2D eigenvalue weighted by molar-refractivity contribution is 0.619. The highest BCUT2D eigenvalue weighted by atomic mass is 32.1. The molecule has 94 valence electrons. The van der Waals surface area contributed by atoms with Gasteiger partial charge in [-0.15, -0.1) is 0 Å². The minimum absolute atomic E-state index is 0.207. The van der Waals surface area contributed by atoms with E-state index in [-0.39, 0.29) is 5.82 Å². The second-order valence-corrected chi connectivity index (χ2v) is 4.64. The second-order valence-electron chi connectivity index (χ2n) is 4.25. The van der Waals surface area contributed by atoms with E-state index >= 15 is 0 Å². The maximum absolute atomic E-state index is 13.6. The van der Waals surface area contributed by atoms with Gasteiger partial charge in [0.1, 0.15) is 16.3 Å². The van der Waals surface area contributed by atoms with E-state index in [1.54, 1.807) is 13.0 Å². The van der Waals surface area contributed by atoms with Gasteiger partial charge in [0.05, 0.1) is 5.69 Å². The lowest BCUT2D eigenvalue weighted by Crippen LogP contribution is -2.01. The summed E-state index contributed by atoms with van der Waals surface area (Å²) >= 11 is 5.25. The van der Waals surface area contributed by atoms with E-state index in [0.717, 1.165) is 29.1 Å². The molecule has 0 spiro atoms. The summed E-state index contributed by atoms with van der Waals surface area (Å²) in [4.78, 5) is 7.54. The van der Waals surface area contributed by atoms with Gasteiger partial charge in [-0.3, -0.25) is 0 Å². The van der Waals surface area contributed by atoms with Crippen molar-refractivity contribution in [3.05, 3.63) is 45.6 Å². The molecule has 1 heterocycles. The summed E-state index contributed by atoms with van der Waals surface area (Å²) in [6, 6.07) is 5.07. The van der Waals surface area contributed by atoms with Crippen LogP contribution in [0.25, 0.3) is 11.3 Å². The molecule has 0 aliphatic rings. The average molecular weight is 262 g/mol. The van der Waals surface area contributed by atoms with E-state index in [4.69, 9.17) is 12.2 Å². The smallest absolute Gasteiger partial charge is 0.133 e. The van der Waals surface area contributed by atoms with E-state index in [2.05, 4.69) is 9.97 Å². The Labute approximate surface area is 111 Å². The zero-order valence-corrected chi connectivity index (χ0v) is 11.5. The number of hydrogen-bond donors (Lipinski definition) is 1. The number of nitrogens with one attached hydrogen (secondary N) is 1. The Morgan fingerprint density at radius 3 is 2.67 bits per heavy atom. The van der Waals surface area contributed by atoms with Gasteiger partial charge in [-0.2, -0.15) is 0 Å². The van der Waals surface area contributed by atoms with Crippen molar-refractivity contribution in [3.63, 3.8) is 0 Å². The Balaban J connectivity index is 2.74. The average Bonchev–Trinajstić information content (AvgIpc) is 2.36. The topological polar surface area (TPSA) is 28.7 Å². The van der Waals surface area contributed by atoms with E-state index in [9.17, 15) is 4.39 Å². The van der Waals surface area contributed by atoms with Crippen LogP contribution in [0.15, 0.2) is 18.2 Å². The summed E-state index contributed by atoms with van der Waals surface area (Å²) in [5, 5.41) is 0. The molecule has 2 nitrogen and oxygen atoms in total. The van der Waals surface area contributed by atoms with Gasteiger partial charge >= 0.3 is 0 Å². The molecular formula is C14H15FN2S. The van der Waals surface area contributed by atoms with Gasteiger partial charge in [-0.25, -0.2) is 9.37 Å². The van der Waals surface area contributed by atoms with Gasteiger partial charge in [0.2, 0.25) is 0 Å². The highest BCUT2D eigenvalue weighted by Gasteiger charge is 2.11. The van der Waals surface area contributed by atoms with E-state index in [0.29, 0.717) is 10.2 Å². The van der Waals surface area contributed by atoms with Gasteiger partial charge in [-0.1, -0.05) is 31.3 Å². The molecule has 0 saturated carbocycles. The first kappa shape index (κ1) is 12.9. The summed E-state index contributed by atoms with van der Waals surface area (Å²) < 4.78 is 14.2. The fourth-order valence-corrected chi connectivity index (χ4v) is 2.11. The minimum atomic E-state index is -0.207. The summed E-state index contributed by atoms with van der Waals surface area (Å²) in [6.07, 6.45) is 0.769. The molecule has 0 aliphatic carbocycles. The van der Waals surface area contributed by atoms with Gasteiger partial charge in [-0.05, 0) is 25.5 Å². The Morgan fingerprint density at radius 2 is 2.00 bits per heavy atom. The normalized spacial score (nSPS) is 10.7. The maximum Gasteiger partial charge on any atom is 0.133 e. The van der Waals surface area contributed by atoms with Gasteiger partial charge in [0, 0.05) is 17.5 Å². The van der Waals surface area contributed by atoms with Crippen molar-refractivity contribution in [2.45, 2.75) is 27.2 Å². The van der Waals surface area contributed by atoms with Crippen molar-refractivity contribution in [1.82, 2.24) is 9.97 Å². The maximum atomic E-state index is 13.6. The quantitative estimate of drug-likeness (QED) is 0.825. The molecule has 0 fully saturated rings. The molecule has 18 heavy (non-hydrogen) atoms. The third kappa shape index (κ3) is 2.20. The van der Waals surface area contributed by atoms with Crippen molar-refractivity contribution in [3.8, 4) is 11.3 Å². The van der Waals surface area contributed by atoms with Crippen molar-refractivity contribution in [2.75, 3.05) is 0 Å². The summed E-state index contributed by atoms with van der Waals surface area (Å²) in [5.74, 6) is 0.616. The molecule has 1 N–H and O–H groups in total. The molecule has 2 rings (SSSR count). The first-order chi connectivity index (χ1) is 8.54. The molecular weight excluding hydrogens is 247 g/mol. The van der Waals surface area contributed by atoms with Crippen molar-refractivity contribution < 1.29 is 4.39 Å². The first-order valence-electron chi connectivity index (χ1n) is 5.89. The van der Waals surface area contributed by atoms with E-state index < -0.39 is 0 Å². The van der Waals surface area contributed by atoms with E-state index in [1.807, 2.05) is 19.9 Å². The highest BCUT2D eigenvalue weighted by Crippen LogP contribution is 2.26. The summed E-state index contributed by atoms with van der Waals surface area (Å²) in [5.41, 5.74) is 3.22. The third-order valence-electron chi connectivity index (χ3n) is 3.07. The number of hydrogen-bond acceptors (Lipinski definition) is 2. The lowest BCUT2D eigenvalue weighted by Gasteiger charge is -2.11. The molecule has 0 atom stereocenters. The lowest BCUT2D eigenvalue weighted by atomic mass is 10.0. The highest BCUT2D eigenvalue weighted by molar-refractivity contribution is 7.71. The molecule has 0 amide bonds. The zero-order valence-electron chi connectivity index (χ0n) is 10.7. The van der Waals surface area contributed by atoms with Crippen molar-refractivity contribution >= 4 is 12.2 Å². The third-order valence-corrected chi connectivity index (χ3v) is 3.47. The zero-order chi connectivity index (χ0) is 13.3. The molecule has 1 aromatic heterocycles. The Kier molecular flexibility index (Phi) is 3.57. The van der Waals surface area contributed by atoms with E-state index in [1.165, 1.54) is 6.07 Å². The van der Waals surface area contributed by atoms with Crippen LogP contribution in [0.2, 0.25) is 0 Å². The second kappa shape index (κ2) is 4.98. The Bertz CT molecular complexity index is 647. The molecule has 1 aromatic carbocycles. The standard InChI is InChI=1S/C14H15FN2S/c1-4-12-16-13(9(3)14(18)17-12)10-6-5-7-11(15)8(10)2/h5-7H,4H2,1-3H3,(H,16,17,18). The summed E-state index contributed by atoms with van der Waals surface area (Å²) in [6.45, 7) is 5.68. The number of nitrogens with zero attached hydrogens (tertiary/aromatic N) is 1. The number of aromatic nitrogens is 2. The number of benzene rings is 1. The minimum Gasteiger partial charge on any atom is -0.343 e. The van der Waals surface area contributed by atoms with Crippen LogP contribution in [0.3, 0.4) is 0 Å². The number of aryl methyl sites for hydroxylation is 1. The van der Waals surface area contributed by atoms with Crippen LogP contribution < -0.4 is 0 Å². The Hall–Kier alpha value is -1.55. The van der Waals surface area contributed by atoms with Crippen molar-refractivity contribution in [2.24, 2.45) is 0 Å². The van der Waals surface area contributed by atoms with Gasteiger partial charge in [0.15, 0.2) is 0 Å². The number of halogens is 1. The summed E-state index contributed by atoms with van der Waals surface area (Å²) in [7, 11) is 0. The Morgan fingerprint density at radius 1 is 1.28 bits per heavy atom. The number of rotatable bonds is 2. The van der Waals surface area contributed by atoms with Gasteiger partial charge < -0.3 is 4.98 Å². The first-order valence-corrected chi connectivity index (χ1v) is 6.30. The van der Waals surface area contributed by atoms with Crippen LogP contribution >= 0.6 is 12.2 Å². The van der Waals surface area contributed by atoms with Crippen LogP contribution in [0.1, 0.15) is 23.9 Å². The molecule has 0 radical (unpaired) electrons. The monoisotopic (exact) mass is 262 g/mol. The predicted octanol–water partition coefficient (Wildman–Crippen LogP) is 4.12. The van der Waals surface area contributed by atoms with Crippen molar-refractivity contribution in [1.29, 1.82) is 0 Å². The SMILES string of the molecule is CCc1nc(=S)c(C)c(-c2cccc(F)c2C)[nH]1. The van der Waals surface area contributed by atoms with Crippen LogP contribution in [0.5, 0.6) is 0 Å². The van der Waals surface area contributed by atoms with Crippen LogP contribution in [-0.2, 0) is 6.42 Å². The fraction of sp³-hybridized carbons (Fsp3) is 0.286. The predicted molar refractivity (Wildman–Crippen MR) is 73.7 cm³/mol. The molecule has 2 aromatic rings. The number of aromatic amines is 1. The molecule has 0 bridgehead atoms. The van der Waals surface area contributed by atoms with Crippen LogP contribution in [0, 0.1) is 24.3 Å². The van der Waals surface area contributed by atoms with Crippen LogP contribution in [0.4, 0.5) is 4.39 Å². The molecule has 0 unspecified atom stereocenters. The molecule has 0 aliphatic heterocycles. The van der Waals surface area contributed by atoms with Crippen LogP contribution in [-0.4, -0.2) is 9.97 Å². The number of H-pyrrole nitrogens is 1. The largest absolute Gasteiger partial charge is 0.343 e. The molecule has 0 saturated heterocycles.